The highest BCUT2D eigenvalue weighted by molar-refractivity contribution is 7.59. The Morgan fingerprint density at radius 2 is 2.25 bits per heavy atom. The molecule has 0 fully saturated rings. The van der Waals surface area contributed by atoms with Crippen LogP contribution in [0.25, 0.3) is 0 Å². The second-order valence-electron chi connectivity index (χ2n) is 1.45. The van der Waals surface area contributed by atoms with Crippen molar-refractivity contribution in [3.63, 3.8) is 0 Å². The Bertz CT molecular complexity index is 170. The monoisotopic (exact) mass is 134 g/mol. The standard InChI is InChI=1S/C3H3O4P/c4-2-1-8(7)3(2,5)6/h1,5-6H. The minimum Gasteiger partial charge on any atom is -0.626 e. The maximum atomic E-state index is 10.1. The summed E-state index contributed by atoms with van der Waals surface area (Å²) in [5.74, 6) is -0.0892. The van der Waals surface area contributed by atoms with Gasteiger partial charge < -0.3 is 15.1 Å². The summed E-state index contributed by atoms with van der Waals surface area (Å²) >= 11 is 0. The molecule has 1 aliphatic heterocycles. The molecular weight excluding hydrogens is 131 g/mol. The maximum Gasteiger partial charge on any atom is 0.395 e. The Morgan fingerprint density at radius 1 is 1.75 bits per heavy atom. The molecule has 0 bridgehead atoms. The third kappa shape index (κ3) is 0.516. The lowest BCUT2D eigenvalue weighted by Gasteiger charge is -2.19. The van der Waals surface area contributed by atoms with Crippen LogP contribution in [0.15, 0.2) is 0 Å². The van der Waals surface area contributed by atoms with Crippen LogP contribution < -0.4 is 4.89 Å². The first-order valence-corrected chi connectivity index (χ1v) is 3.18. The smallest absolute Gasteiger partial charge is 0.395 e. The average molecular weight is 134 g/mol. The predicted molar refractivity (Wildman–Crippen MR) is 25.2 cm³/mol. The predicted octanol–water partition coefficient (Wildman–Crippen LogP) is -2.23. The van der Waals surface area contributed by atoms with Crippen LogP contribution in [0.2, 0.25) is 0 Å². The van der Waals surface area contributed by atoms with E-state index in [1.165, 1.54) is 0 Å². The zero-order chi connectivity index (χ0) is 6.36. The molecule has 0 saturated heterocycles. The van der Waals surface area contributed by atoms with Gasteiger partial charge in [0.2, 0.25) is 0 Å². The number of carbonyl (C=O) groups is 1. The first-order chi connectivity index (χ1) is 3.55. The SMILES string of the molecule is O=C1C=[P+]([O-])C1(O)O. The molecule has 0 aromatic rings. The average Bonchev–Trinajstić information content (AvgIpc) is 1.68. The zero-order valence-electron chi connectivity index (χ0n) is 3.74. The summed E-state index contributed by atoms with van der Waals surface area (Å²) in [5, 5.41) is 16.7. The first kappa shape index (κ1) is 5.85. The van der Waals surface area contributed by atoms with E-state index < -0.39 is 19.1 Å². The highest BCUT2D eigenvalue weighted by Gasteiger charge is 2.51. The fourth-order valence-electron chi connectivity index (χ4n) is 0.326. The third-order valence-electron chi connectivity index (χ3n) is 0.872. The summed E-state index contributed by atoms with van der Waals surface area (Å²) < 4.78 is 0. The third-order valence-corrected chi connectivity index (χ3v) is 2.18. The molecule has 0 amide bonds. The number of carbonyl (C=O) groups excluding carboxylic acids is 1. The quantitative estimate of drug-likeness (QED) is 0.290. The van der Waals surface area contributed by atoms with Crippen LogP contribution in [0.3, 0.4) is 0 Å². The molecule has 0 aromatic heterocycles. The molecule has 0 aromatic carbocycles. The van der Waals surface area contributed by atoms with Gasteiger partial charge in [0, 0.05) is 0 Å². The first-order valence-electron chi connectivity index (χ1n) is 1.85. The molecule has 0 spiro atoms. The maximum absolute atomic E-state index is 10.1. The number of ketones is 1. The molecule has 0 saturated carbocycles. The van der Waals surface area contributed by atoms with Crippen molar-refractivity contribution in [2.45, 2.75) is 5.53 Å². The largest absolute Gasteiger partial charge is 0.626 e. The normalized spacial score (nSPS) is 28.9. The van der Waals surface area contributed by atoms with Crippen molar-refractivity contribution in [2.24, 2.45) is 0 Å². The van der Waals surface area contributed by atoms with Crippen molar-refractivity contribution in [3.8, 4) is 0 Å². The van der Waals surface area contributed by atoms with Crippen molar-refractivity contribution in [1.82, 2.24) is 0 Å². The van der Waals surface area contributed by atoms with Crippen LogP contribution in [-0.2, 0) is 4.79 Å². The summed E-state index contributed by atoms with van der Waals surface area (Å²) in [6, 6.07) is 0. The van der Waals surface area contributed by atoms with E-state index in [4.69, 9.17) is 10.2 Å². The number of hydrogen-bond donors (Lipinski definition) is 2. The summed E-state index contributed by atoms with van der Waals surface area (Å²) in [5.41, 5.74) is -2.55. The number of rotatable bonds is 0. The summed E-state index contributed by atoms with van der Waals surface area (Å²) in [4.78, 5) is 20.2. The van der Waals surface area contributed by atoms with Gasteiger partial charge in [0.1, 0.15) is 7.77 Å². The van der Waals surface area contributed by atoms with Gasteiger partial charge >= 0.3 is 11.3 Å². The van der Waals surface area contributed by atoms with Crippen molar-refractivity contribution in [2.75, 3.05) is 0 Å². The Kier molecular flexibility index (Phi) is 0.994. The van der Waals surface area contributed by atoms with Gasteiger partial charge in [-0.25, -0.2) is 0 Å². The van der Waals surface area contributed by atoms with Crippen LogP contribution in [0.1, 0.15) is 0 Å². The molecule has 4 nitrogen and oxygen atoms in total. The Morgan fingerprint density at radius 3 is 2.25 bits per heavy atom. The van der Waals surface area contributed by atoms with Gasteiger partial charge in [-0.3, -0.25) is 4.79 Å². The van der Waals surface area contributed by atoms with Crippen molar-refractivity contribution in [3.05, 3.63) is 0 Å². The molecule has 5 heteroatoms. The van der Waals surface area contributed by atoms with E-state index in [0.717, 1.165) is 5.80 Å². The molecule has 2 N–H and O–H groups in total. The van der Waals surface area contributed by atoms with Gasteiger partial charge in [-0.05, 0) is 0 Å². The van der Waals surface area contributed by atoms with Crippen LogP contribution in [-0.4, -0.2) is 27.3 Å². The topological polar surface area (TPSA) is 80.6 Å². The summed E-state index contributed by atoms with van der Waals surface area (Å²) in [7, 11) is -2.21. The van der Waals surface area contributed by atoms with Crippen molar-refractivity contribution in [1.29, 1.82) is 0 Å². The van der Waals surface area contributed by atoms with Gasteiger partial charge in [-0.15, -0.1) is 0 Å². The van der Waals surface area contributed by atoms with Gasteiger partial charge in [0.25, 0.3) is 0 Å². The van der Waals surface area contributed by atoms with E-state index in [9.17, 15) is 9.69 Å². The molecule has 1 atom stereocenters. The van der Waals surface area contributed by atoms with Crippen LogP contribution >= 0.6 is 7.77 Å². The highest BCUT2D eigenvalue weighted by Crippen LogP contribution is 2.35. The summed E-state index contributed by atoms with van der Waals surface area (Å²) in [6.07, 6.45) is 0. The molecule has 1 heterocycles. The van der Waals surface area contributed by atoms with Gasteiger partial charge in [0.15, 0.2) is 5.80 Å². The van der Waals surface area contributed by atoms with E-state index in [2.05, 4.69) is 0 Å². The van der Waals surface area contributed by atoms with Gasteiger partial charge in [-0.2, -0.15) is 0 Å². The second kappa shape index (κ2) is 1.36. The van der Waals surface area contributed by atoms with E-state index in [1.807, 2.05) is 0 Å². The second-order valence-corrected chi connectivity index (χ2v) is 2.99. The lowest BCUT2D eigenvalue weighted by Crippen LogP contribution is -2.46. The molecule has 0 radical (unpaired) electrons. The van der Waals surface area contributed by atoms with Crippen LogP contribution in [0, 0.1) is 0 Å². The lowest BCUT2D eigenvalue weighted by molar-refractivity contribution is -0.197. The fraction of sp³-hybridized carbons (Fsp3) is 0.333. The lowest BCUT2D eigenvalue weighted by atomic mass is 10.4. The zero-order valence-corrected chi connectivity index (χ0v) is 4.63. The van der Waals surface area contributed by atoms with Gasteiger partial charge in [-0.1, -0.05) is 0 Å². The van der Waals surface area contributed by atoms with Crippen LogP contribution in [0.5, 0.6) is 0 Å². The van der Waals surface area contributed by atoms with E-state index in [0.29, 0.717) is 0 Å². The summed E-state index contributed by atoms with van der Waals surface area (Å²) in [6.45, 7) is 0. The van der Waals surface area contributed by atoms with E-state index in [-0.39, 0.29) is 0 Å². The molecular formula is C3H3O4P. The number of hydrogen-bond acceptors (Lipinski definition) is 4. The Labute approximate surface area is 45.9 Å². The van der Waals surface area contributed by atoms with Crippen LogP contribution in [0.4, 0.5) is 0 Å². The highest BCUT2D eigenvalue weighted by atomic mass is 31.1. The van der Waals surface area contributed by atoms with E-state index in [1.54, 1.807) is 0 Å². The van der Waals surface area contributed by atoms with Crippen molar-refractivity contribution < 1.29 is 19.9 Å². The number of Topliss-reactive ketones (excluding diaryl/α,β-unsaturated/α-hetero) is 1. The molecule has 0 aliphatic carbocycles. The fourth-order valence-corrected chi connectivity index (χ4v) is 0.977. The minimum absolute atomic E-state index is 0.787. The van der Waals surface area contributed by atoms with E-state index >= 15 is 0 Å². The molecule has 1 rings (SSSR count). The molecule has 1 unspecified atom stereocenters. The van der Waals surface area contributed by atoms with Crippen molar-refractivity contribution >= 4 is 19.4 Å². The molecule has 1 aliphatic rings. The number of aliphatic hydroxyl groups is 2. The minimum atomic E-state index is -2.55. The van der Waals surface area contributed by atoms with Gasteiger partial charge in [0.05, 0.1) is 0 Å². The Balaban J connectivity index is 2.93. The molecule has 8 heavy (non-hydrogen) atoms. The molecule has 44 valence electrons. The Hall–Kier alpha value is -0.280.